The molecule has 0 aliphatic carbocycles. The molecule has 4 nitrogen and oxygen atoms in total. The molecule has 1 aliphatic rings. The van der Waals surface area contributed by atoms with Crippen molar-refractivity contribution in [3.63, 3.8) is 0 Å². The number of carbonyl (C=O) groups excluding carboxylic acids is 1. The number of hydrogen-bond donors (Lipinski definition) is 0. The maximum absolute atomic E-state index is 12.8. The van der Waals surface area contributed by atoms with Crippen LogP contribution in [0.3, 0.4) is 0 Å². The number of amides is 1. The zero-order chi connectivity index (χ0) is 15.0. The molecule has 0 N–H and O–H groups in total. The molecule has 1 aromatic heterocycles. The van der Waals surface area contributed by atoms with Gasteiger partial charge < -0.3 is 9.32 Å². The zero-order valence-corrected chi connectivity index (χ0v) is 12.3. The second-order valence-electron chi connectivity index (χ2n) is 5.83. The Balaban J connectivity index is 2.05. The van der Waals surface area contributed by atoms with E-state index >= 15 is 0 Å². The molecule has 1 aliphatic heterocycles. The Hall–Kier alpha value is -2.10. The minimum atomic E-state index is -0.552. The summed E-state index contributed by atoms with van der Waals surface area (Å²) in [5, 5.41) is 0.776. The van der Waals surface area contributed by atoms with E-state index in [4.69, 9.17) is 4.42 Å². The average Bonchev–Trinajstić information content (AvgIpc) is 2.46. The third kappa shape index (κ3) is 2.46. The molecule has 3 rings (SSSR count). The normalized spacial score (nSPS) is 22.5. The Bertz CT molecular complexity index is 724. The largest absolute Gasteiger partial charge is 0.422 e. The van der Waals surface area contributed by atoms with Crippen LogP contribution >= 0.6 is 0 Å². The molecule has 0 spiro atoms. The number of para-hydroxylation sites is 1. The Kier molecular flexibility index (Phi) is 3.53. The van der Waals surface area contributed by atoms with Gasteiger partial charge in [0.05, 0.1) is 0 Å². The highest BCUT2D eigenvalue weighted by atomic mass is 16.4. The molecule has 1 saturated heterocycles. The summed E-state index contributed by atoms with van der Waals surface area (Å²) in [4.78, 5) is 26.7. The Morgan fingerprint density at radius 3 is 2.57 bits per heavy atom. The van der Waals surface area contributed by atoms with Gasteiger partial charge in [-0.25, -0.2) is 4.79 Å². The van der Waals surface area contributed by atoms with Gasteiger partial charge in [0.25, 0.3) is 5.91 Å². The Morgan fingerprint density at radius 1 is 1.19 bits per heavy atom. The predicted molar refractivity (Wildman–Crippen MR) is 81.4 cm³/mol. The van der Waals surface area contributed by atoms with Crippen molar-refractivity contribution in [1.29, 1.82) is 0 Å². The van der Waals surface area contributed by atoms with E-state index < -0.39 is 5.63 Å². The quantitative estimate of drug-likeness (QED) is 0.756. The number of carbonyl (C=O) groups is 1. The summed E-state index contributed by atoms with van der Waals surface area (Å²) < 4.78 is 5.27. The fourth-order valence-corrected chi connectivity index (χ4v) is 3.17. The van der Waals surface area contributed by atoms with Crippen LogP contribution in [-0.4, -0.2) is 22.9 Å². The van der Waals surface area contributed by atoms with Crippen molar-refractivity contribution in [2.45, 2.75) is 45.2 Å². The van der Waals surface area contributed by atoms with Gasteiger partial charge in [0.15, 0.2) is 0 Å². The van der Waals surface area contributed by atoms with Gasteiger partial charge in [-0.1, -0.05) is 18.2 Å². The molecule has 21 heavy (non-hydrogen) atoms. The van der Waals surface area contributed by atoms with E-state index in [-0.39, 0.29) is 23.6 Å². The maximum Gasteiger partial charge on any atom is 0.349 e. The van der Waals surface area contributed by atoms with E-state index in [2.05, 4.69) is 0 Å². The summed E-state index contributed by atoms with van der Waals surface area (Å²) in [6, 6.07) is 9.22. The molecule has 0 bridgehead atoms. The van der Waals surface area contributed by atoms with Gasteiger partial charge in [-0.3, -0.25) is 4.79 Å². The molecule has 0 saturated carbocycles. The molecule has 1 amide bonds. The van der Waals surface area contributed by atoms with Crippen molar-refractivity contribution in [2.75, 3.05) is 0 Å². The minimum absolute atomic E-state index is 0.134. The fourth-order valence-electron chi connectivity index (χ4n) is 3.17. The highest BCUT2D eigenvalue weighted by Crippen LogP contribution is 2.24. The number of fused-ring (bicyclic) bond motifs is 1. The monoisotopic (exact) mass is 285 g/mol. The number of hydrogen-bond acceptors (Lipinski definition) is 3. The molecule has 0 radical (unpaired) electrons. The number of piperidine rings is 1. The first-order valence-electron chi connectivity index (χ1n) is 7.43. The van der Waals surface area contributed by atoms with Gasteiger partial charge in [-0.2, -0.15) is 0 Å². The molecule has 4 heteroatoms. The molecule has 2 atom stereocenters. The van der Waals surface area contributed by atoms with Crippen molar-refractivity contribution in [1.82, 2.24) is 4.90 Å². The first kappa shape index (κ1) is 13.9. The highest BCUT2D eigenvalue weighted by molar-refractivity contribution is 5.97. The van der Waals surface area contributed by atoms with Crippen LogP contribution in [0, 0.1) is 0 Å². The van der Waals surface area contributed by atoms with Crippen molar-refractivity contribution in [3.8, 4) is 0 Å². The van der Waals surface area contributed by atoms with Crippen molar-refractivity contribution in [2.24, 2.45) is 0 Å². The molecule has 1 fully saturated rings. The van der Waals surface area contributed by atoms with E-state index in [0.717, 1.165) is 24.6 Å². The lowest BCUT2D eigenvalue weighted by Crippen LogP contribution is -2.48. The van der Waals surface area contributed by atoms with Gasteiger partial charge >= 0.3 is 5.63 Å². The van der Waals surface area contributed by atoms with Gasteiger partial charge in [0.2, 0.25) is 0 Å². The predicted octanol–water partition coefficient (Wildman–Crippen LogP) is 3.20. The zero-order valence-electron chi connectivity index (χ0n) is 12.3. The van der Waals surface area contributed by atoms with Crippen molar-refractivity contribution >= 4 is 16.9 Å². The molecule has 2 aromatic rings. The minimum Gasteiger partial charge on any atom is -0.422 e. The summed E-state index contributed by atoms with van der Waals surface area (Å²) in [5.41, 5.74) is 0.0942. The third-order valence-electron chi connectivity index (χ3n) is 4.30. The molecular formula is C17H19NO3. The molecular weight excluding hydrogens is 266 g/mol. The lowest BCUT2D eigenvalue weighted by Gasteiger charge is -2.38. The maximum atomic E-state index is 12.8. The molecule has 110 valence electrons. The van der Waals surface area contributed by atoms with Crippen LogP contribution in [0.5, 0.6) is 0 Å². The second-order valence-corrected chi connectivity index (χ2v) is 5.83. The van der Waals surface area contributed by atoms with E-state index in [9.17, 15) is 9.59 Å². The van der Waals surface area contributed by atoms with E-state index in [1.807, 2.05) is 36.9 Å². The van der Waals surface area contributed by atoms with E-state index in [0.29, 0.717) is 5.58 Å². The Morgan fingerprint density at radius 2 is 1.86 bits per heavy atom. The lowest BCUT2D eigenvalue weighted by molar-refractivity contribution is 0.0506. The lowest BCUT2D eigenvalue weighted by atomic mass is 9.96. The fraction of sp³-hybridized carbons (Fsp3) is 0.412. The number of benzene rings is 1. The van der Waals surface area contributed by atoms with Crippen LogP contribution < -0.4 is 5.63 Å². The van der Waals surface area contributed by atoms with Gasteiger partial charge in [0, 0.05) is 17.5 Å². The second kappa shape index (κ2) is 5.35. The van der Waals surface area contributed by atoms with E-state index in [1.165, 1.54) is 0 Å². The van der Waals surface area contributed by atoms with Crippen LogP contribution in [0.1, 0.15) is 43.5 Å². The molecule has 2 heterocycles. The first-order chi connectivity index (χ1) is 10.1. The van der Waals surface area contributed by atoms with Crippen LogP contribution in [0.2, 0.25) is 0 Å². The van der Waals surface area contributed by atoms with Crippen molar-refractivity contribution in [3.05, 3.63) is 46.3 Å². The van der Waals surface area contributed by atoms with Crippen LogP contribution in [0.25, 0.3) is 11.0 Å². The average molecular weight is 285 g/mol. The summed E-state index contributed by atoms with van der Waals surface area (Å²) in [5.74, 6) is -0.214. The van der Waals surface area contributed by atoms with Gasteiger partial charge in [-0.15, -0.1) is 0 Å². The molecule has 1 aromatic carbocycles. The third-order valence-corrected chi connectivity index (χ3v) is 4.30. The van der Waals surface area contributed by atoms with Crippen LogP contribution in [0.4, 0.5) is 0 Å². The number of likely N-dealkylation sites (tertiary alicyclic amines) is 1. The molecule has 2 unspecified atom stereocenters. The SMILES string of the molecule is CC1CCCC(C)N1C(=O)c1cc2ccccc2oc1=O. The van der Waals surface area contributed by atoms with Crippen LogP contribution in [0.15, 0.2) is 39.5 Å². The Labute approximate surface area is 123 Å². The summed E-state index contributed by atoms with van der Waals surface area (Å²) in [7, 11) is 0. The topological polar surface area (TPSA) is 50.5 Å². The summed E-state index contributed by atoms with van der Waals surface area (Å²) in [6.45, 7) is 4.08. The van der Waals surface area contributed by atoms with Gasteiger partial charge in [0.1, 0.15) is 11.1 Å². The summed E-state index contributed by atoms with van der Waals surface area (Å²) >= 11 is 0. The smallest absolute Gasteiger partial charge is 0.349 e. The van der Waals surface area contributed by atoms with E-state index in [1.54, 1.807) is 12.1 Å². The first-order valence-corrected chi connectivity index (χ1v) is 7.43. The number of rotatable bonds is 1. The highest BCUT2D eigenvalue weighted by Gasteiger charge is 2.31. The van der Waals surface area contributed by atoms with Gasteiger partial charge in [-0.05, 0) is 45.2 Å². The standard InChI is InChI=1S/C17H19NO3/c1-11-6-5-7-12(2)18(11)16(19)14-10-13-8-3-4-9-15(13)21-17(14)20/h3-4,8-12H,5-7H2,1-2H3. The number of nitrogens with zero attached hydrogens (tertiary/aromatic N) is 1. The van der Waals surface area contributed by atoms with Crippen LogP contribution in [-0.2, 0) is 0 Å². The summed E-state index contributed by atoms with van der Waals surface area (Å²) in [6.07, 6.45) is 3.09. The van der Waals surface area contributed by atoms with Crippen molar-refractivity contribution < 1.29 is 9.21 Å².